The smallest absolute Gasteiger partial charge is 0.200 e. The molecular formula is C14H9F6N. The first-order chi connectivity index (χ1) is 9.93. The van der Waals surface area contributed by atoms with Crippen LogP contribution < -0.4 is 5.32 Å². The molecule has 2 aromatic carbocycles. The highest BCUT2D eigenvalue weighted by Gasteiger charge is 2.25. The molecule has 2 rings (SSSR count). The second-order valence-corrected chi connectivity index (χ2v) is 4.21. The zero-order valence-corrected chi connectivity index (χ0v) is 10.5. The van der Waals surface area contributed by atoms with Crippen molar-refractivity contribution in [2.45, 2.75) is 6.42 Å². The van der Waals surface area contributed by atoms with Crippen LogP contribution in [0.15, 0.2) is 24.3 Å². The highest BCUT2D eigenvalue weighted by Crippen LogP contribution is 2.27. The Balaban J connectivity index is 2.16. The van der Waals surface area contributed by atoms with Crippen LogP contribution in [-0.4, -0.2) is 6.54 Å². The van der Waals surface area contributed by atoms with Crippen molar-refractivity contribution in [2.24, 2.45) is 0 Å². The van der Waals surface area contributed by atoms with Crippen LogP contribution in [0.25, 0.3) is 0 Å². The van der Waals surface area contributed by atoms with Gasteiger partial charge in [-0.1, -0.05) is 18.2 Å². The normalized spacial score (nSPS) is 10.8. The Bertz CT molecular complexity index is 642. The summed E-state index contributed by atoms with van der Waals surface area (Å²) < 4.78 is 78.8. The lowest BCUT2D eigenvalue weighted by Crippen LogP contribution is -2.12. The minimum absolute atomic E-state index is 0.0200. The largest absolute Gasteiger partial charge is 0.380 e. The van der Waals surface area contributed by atoms with Crippen molar-refractivity contribution in [3.63, 3.8) is 0 Å². The summed E-state index contributed by atoms with van der Waals surface area (Å²) in [6.45, 7) is -0.195. The fraction of sp³-hybridized carbons (Fsp3) is 0.143. The summed E-state index contributed by atoms with van der Waals surface area (Å²) >= 11 is 0. The molecule has 0 aromatic heterocycles. The first-order valence-electron chi connectivity index (χ1n) is 5.92. The average Bonchev–Trinajstić information content (AvgIpc) is 2.48. The van der Waals surface area contributed by atoms with Gasteiger partial charge >= 0.3 is 0 Å². The van der Waals surface area contributed by atoms with E-state index in [1.165, 1.54) is 18.2 Å². The molecule has 1 nitrogen and oxygen atoms in total. The van der Waals surface area contributed by atoms with Gasteiger partial charge in [0.1, 0.15) is 11.5 Å². The van der Waals surface area contributed by atoms with Gasteiger partial charge in [0.25, 0.3) is 0 Å². The van der Waals surface area contributed by atoms with E-state index in [4.69, 9.17) is 0 Å². The summed E-state index contributed by atoms with van der Waals surface area (Å²) in [6.07, 6.45) is 0.0200. The topological polar surface area (TPSA) is 12.0 Å². The monoisotopic (exact) mass is 305 g/mol. The second-order valence-electron chi connectivity index (χ2n) is 4.21. The molecule has 0 radical (unpaired) electrons. The first kappa shape index (κ1) is 15.2. The molecule has 0 saturated carbocycles. The van der Waals surface area contributed by atoms with Crippen LogP contribution in [0.5, 0.6) is 0 Å². The van der Waals surface area contributed by atoms with E-state index in [-0.39, 0.29) is 18.5 Å². The zero-order valence-electron chi connectivity index (χ0n) is 10.5. The van der Waals surface area contributed by atoms with Crippen molar-refractivity contribution in [1.29, 1.82) is 0 Å². The van der Waals surface area contributed by atoms with Gasteiger partial charge in [-0.15, -0.1) is 0 Å². The number of hydrogen-bond donors (Lipinski definition) is 1. The van der Waals surface area contributed by atoms with Crippen LogP contribution in [0.2, 0.25) is 0 Å². The van der Waals surface area contributed by atoms with Crippen molar-refractivity contribution in [3.8, 4) is 0 Å². The van der Waals surface area contributed by atoms with Gasteiger partial charge in [0.05, 0.1) is 0 Å². The molecule has 112 valence electrons. The van der Waals surface area contributed by atoms with Crippen molar-refractivity contribution >= 4 is 5.69 Å². The molecule has 21 heavy (non-hydrogen) atoms. The molecule has 2 aromatic rings. The molecule has 0 saturated heterocycles. The molecule has 0 aliphatic carbocycles. The lowest BCUT2D eigenvalue weighted by Gasteiger charge is -2.11. The van der Waals surface area contributed by atoms with E-state index in [2.05, 4.69) is 5.32 Å². The highest BCUT2D eigenvalue weighted by molar-refractivity contribution is 5.47. The van der Waals surface area contributed by atoms with Crippen LogP contribution in [0.3, 0.4) is 0 Å². The van der Waals surface area contributed by atoms with Gasteiger partial charge in [-0.3, -0.25) is 0 Å². The number of halogens is 6. The number of benzene rings is 2. The Hall–Kier alpha value is -2.18. The number of hydrogen-bond acceptors (Lipinski definition) is 1. The molecule has 1 N–H and O–H groups in total. The maximum Gasteiger partial charge on any atom is 0.200 e. The first-order valence-corrected chi connectivity index (χ1v) is 5.92. The van der Waals surface area contributed by atoms with E-state index in [0.717, 1.165) is 0 Å². The predicted octanol–water partition coefficient (Wildman–Crippen LogP) is 4.18. The van der Waals surface area contributed by atoms with Gasteiger partial charge in [0.15, 0.2) is 23.3 Å². The zero-order chi connectivity index (χ0) is 15.6. The maximum atomic E-state index is 13.4. The Morgan fingerprint density at radius 1 is 0.714 bits per heavy atom. The van der Waals surface area contributed by atoms with Crippen molar-refractivity contribution in [3.05, 3.63) is 64.7 Å². The fourth-order valence-corrected chi connectivity index (χ4v) is 1.78. The van der Waals surface area contributed by atoms with Gasteiger partial charge in [0, 0.05) is 6.54 Å². The average molecular weight is 305 g/mol. The molecule has 0 atom stereocenters. The lowest BCUT2D eigenvalue weighted by molar-refractivity contribution is 0.381. The highest BCUT2D eigenvalue weighted by atomic mass is 19.2. The Morgan fingerprint density at radius 3 is 1.81 bits per heavy atom. The summed E-state index contributed by atoms with van der Waals surface area (Å²) in [4.78, 5) is 0. The maximum absolute atomic E-state index is 13.4. The molecule has 7 heteroatoms. The summed E-state index contributed by atoms with van der Waals surface area (Å²) in [5.41, 5.74) is -0.864. The minimum Gasteiger partial charge on any atom is -0.380 e. The van der Waals surface area contributed by atoms with Crippen LogP contribution in [0.4, 0.5) is 32.0 Å². The summed E-state index contributed by atoms with van der Waals surface area (Å²) in [6, 6.07) is 5.69. The Labute approximate surface area is 116 Å². The summed E-state index contributed by atoms with van der Waals surface area (Å²) in [7, 11) is 0. The lowest BCUT2D eigenvalue weighted by atomic mass is 10.1. The third kappa shape index (κ3) is 2.96. The van der Waals surface area contributed by atoms with Gasteiger partial charge in [-0.25, -0.2) is 26.3 Å². The molecule has 0 spiro atoms. The van der Waals surface area contributed by atoms with E-state index < -0.39 is 40.6 Å². The Kier molecular flexibility index (Phi) is 4.40. The number of anilines is 1. The van der Waals surface area contributed by atoms with Crippen molar-refractivity contribution < 1.29 is 26.3 Å². The Morgan fingerprint density at radius 2 is 1.24 bits per heavy atom. The van der Waals surface area contributed by atoms with Crippen LogP contribution >= 0.6 is 0 Å². The van der Waals surface area contributed by atoms with E-state index >= 15 is 0 Å². The standard InChI is InChI=1S/C14H9F6N/c15-8-4-2-1-3-7(8)5-6-21-14-12(19)10(17)9(16)11(18)13(14)20/h1-4,21H,5-6H2. The van der Waals surface area contributed by atoms with E-state index in [1.807, 2.05) is 0 Å². The second kappa shape index (κ2) is 6.07. The van der Waals surface area contributed by atoms with Gasteiger partial charge in [0.2, 0.25) is 5.82 Å². The molecule has 0 fully saturated rings. The SMILES string of the molecule is Fc1ccccc1CCNc1c(F)c(F)c(F)c(F)c1F. The quantitative estimate of drug-likeness (QED) is 0.508. The van der Waals surface area contributed by atoms with Crippen LogP contribution in [0.1, 0.15) is 5.56 Å². The molecule has 0 amide bonds. The molecular weight excluding hydrogens is 296 g/mol. The minimum atomic E-state index is -2.22. The molecule has 0 heterocycles. The third-order valence-electron chi connectivity index (χ3n) is 2.86. The molecule has 0 aliphatic rings. The van der Waals surface area contributed by atoms with E-state index in [9.17, 15) is 26.3 Å². The van der Waals surface area contributed by atoms with Gasteiger partial charge in [-0.05, 0) is 18.1 Å². The number of rotatable bonds is 4. The van der Waals surface area contributed by atoms with Gasteiger partial charge < -0.3 is 5.32 Å². The fourth-order valence-electron chi connectivity index (χ4n) is 1.78. The molecule has 0 bridgehead atoms. The van der Waals surface area contributed by atoms with Crippen LogP contribution in [0, 0.1) is 34.9 Å². The molecule has 0 aliphatic heterocycles. The van der Waals surface area contributed by atoms with Crippen molar-refractivity contribution in [2.75, 3.05) is 11.9 Å². The van der Waals surface area contributed by atoms with Crippen molar-refractivity contribution in [1.82, 2.24) is 0 Å². The summed E-state index contributed by atoms with van der Waals surface area (Å²) in [5.74, 6) is -10.7. The van der Waals surface area contributed by atoms with Gasteiger partial charge in [-0.2, -0.15) is 0 Å². The number of nitrogens with one attached hydrogen (secondary N) is 1. The van der Waals surface area contributed by atoms with E-state index in [1.54, 1.807) is 6.07 Å². The third-order valence-corrected chi connectivity index (χ3v) is 2.86. The van der Waals surface area contributed by atoms with Crippen LogP contribution in [-0.2, 0) is 6.42 Å². The summed E-state index contributed by atoms with van der Waals surface area (Å²) in [5, 5.41) is 2.10. The van der Waals surface area contributed by atoms with E-state index in [0.29, 0.717) is 0 Å². The predicted molar refractivity (Wildman–Crippen MR) is 64.8 cm³/mol. The molecule has 0 unspecified atom stereocenters.